The highest BCUT2D eigenvalue weighted by molar-refractivity contribution is 7.98. The van der Waals surface area contributed by atoms with Crippen LogP contribution in [0.4, 0.5) is 0 Å². The van der Waals surface area contributed by atoms with Gasteiger partial charge in [0.1, 0.15) is 5.39 Å². The van der Waals surface area contributed by atoms with Crippen molar-refractivity contribution in [1.82, 2.24) is 19.3 Å². The molecule has 3 aromatic rings. The van der Waals surface area contributed by atoms with E-state index in [0.29, 0.717) is 21.8 Å². The van der Waals surface area contributed by atoms with Gasteiger partial charge in [-0.2, -0.15) is 5.26 Å². The molecule has 0 fully saturated rings. The number of hydrogen-bond donors (Lipinski definition) is 0. The topological polar surface area (TPSA) is 76.5 Å². The number of hydrogen-bond acceptors (Lipinski definition) is 5. The van der Waals surface area contributed by atoms with Gasteiger partial charge in [-0.05, 0) is 44.4 Å². The van der Waals surface area contributed by atoms with Crippen molar-refractivity contribution in [3.8, 4) is 11.8 Å². The summed E-state index contributed by atoms with van der Waals surface area (Å²) in [5.41, 5.74) is 1.82. The fourth-order valence-electron chi connectivity index (χ4n) is 2.47. The van der Waals surface area contributed by atoms with Gasteiger partial charge in [-0.25, -0.2) is 19.3 Å². The van der Waals surface area contributed by atoms with E-state index in [2.05, 4.69) is 16.0 Å². The van der Waals surface area contributed by atoms with Crippen LogP contribution in [0.15, 0.2) is 40.4 Å². The second-order valence-electron chi connectivity index (χ2n) is 5.31. The summed E-state index contributed by atoms with van der Waals surface area (Å²) in [5, 5.41) is 10.0. The van der Waals surface area contributed by atoms with E-state index in [4.69, 9.17) is 5.26 Å². The minimum atomic E-state index is -0.119. The van der Waals surface area contributed by atoms with Crippen LogP contribution in [0.5, 0.6) is 0 Å². The highest BCUT2D eigenvalue weighted by atomic mass is 32.2. The van der Waals surface area contributed by atoms with Gasteiger partial charge >= 0.3 is 0 Å². The van der Waals surface area contributed by atoms with Crippen molar-refractivity contribution >= 4 is 22.8 Å². The van der Waals surface area contributed by atoms with Crippen LogP contribution >= 0.6 is 11.8 Å². The Morgan fingerprint density at radius 1 is 1.26 bits per heavy atom. The molecule has 23 heavy (non-hydrogen) atoms. The molecule has 7 heteroatoms. The van der Waals surface area contributed by atoms with Gasteiger partial charge in [-0.3, -0.25) is 4.79 Å². The Balaban J connectivity index is 2.38. The lowest BCUT2D eigenvalue weighted by Gasteiger charge is -2.15. The first-order valence-corrected chi connectivity index (χ1v) is 8.34. The Hall–Kier alpha value is -2.59. The molecule has 2 aromatic heterocycles. The van der Waals surface area contributed by atoms with E-state index in [-0.39, 0.29) is 11.6 Å². The summed E-state index contributed by atoms with van der Waals surface area (Å²) in [4.78, 5) is 21.4. The minimum absolute atomic E-state index is 0.0370. The average molecular weight is 325 g/mol. The zero-order valence-corrected chi connectivity index (χ0v) is 13.8. The normalized spacial score (nSPS) is 11.1. The molecule has 0 saturated carbocycles. The Morgan fingerprint density at radius 2 is 1.96 bits per heavy atom. The third-order valence-corrected chi connectivity index (χ3v) is 4.08. The molecule has 116 valence electrons. The predicted molar refractivity (Wildman–Crippen MR) is 90.0 cm³/mol. The van der Waals surface area contributed by atoms with Gasteiger partial charge in [0.05, 0.1) is 17.3 Å². The first-order valence-electron chi connectivity index (χ1n) is 7.11. The molecule has 3 rings (SSSR count). The van der Waals surface area contributed by atoms with E-state index in [0.717, 1.165) is 5.69 Å². The summed E-state index contributed by atoms with van der Waals surface area (Å²) in [5.74, 6) is 0. The first-order chi connectivity index (χ1) is 11.1. The lowest BCUT2D eigenvalue weighted by Crippen LogP contribution is -2.24. The summed E-state index contributed by atoms with van der Waals surface area (Å²) in [7, 11) is 0. The quantitative estimate of drug-likeness (QED) is 0.546. The second-order valence-corrected chi connectivity index (χ2v) is 6.08. The van der Waals surface area contributed by atoms with Crippen LogP contribution in [-0.2, 0) is 0 Å². The van der Waals surface area contributed by atoms with Crippen LogP contribution in [0.3, 0.4) is 0 Å². The van der Waals surface area contributed by atoms with Gasteiger partial charge in [0.15, 0.2) is 10.8 Å². The zero-order valence-electron chi connectivity index (χ0n) is 13.0. The third-order valence-electron chi connectivity index (χ3n) is 3.51. The second kappa shape index (κ2) is 5.89. The molecule has 0 amide bonds. The Bertz CT molecular complexity index is 963. The highest BCUT2D eigenvalue weighted by Gasteiger charge is 2.18. The van der Waals surface area contributed by atoms with E-state index in [1.165, 1.54) is 11.8 Å². The number of thioether (sulfide) groups is 1. The van der Waals surface area contributed by atoms with Crippen LogP contribution < -0.4 is 5.56 Å². The molecule has 1 aromatic carbocycles. The molecule has 0 bridgehead atoms. The summed E-state index contributed by atoms with van der Waals surface area (Å²) < 4.78 is 3.45. The SMILES string of the molecule is CSc1ncc2c(=O)n(C(C)C)n(-c3ccc(C#N)cc3)c2n1. The van der Waals surface area contributed by atoms with Crippen molar-refractivity contribution in [3.63, 3.8) is 0 Å². The summed E-state index contributed by atoms with van der Waals surface area (Å²) in [6.07, 6.45) is 3.47. The third kappa shape index (κ3) is 2.51. The van der Waals surface area contributed by atoms with Crippen molar-refractivity contribution in [2.45, 2.75) is 25.0 Å². The smallest absolute Gasteiger partial charge is 0.267 e. The maximum atomic E-state index is 12.7. The molecule has 2 heterocycles. The zero-order chi connectivity index (χ0) is 16.6. The van der Waals surface area contributed by atoms with Gasteiger partial charge in [0.2, 0.25) is 0 Å². The monoisotopic (exact) mass is 325 g/mol. The van der Waals surface area contributed by atoms with Crippen molar-refractivity contribution in [2.75, 3.05) is 6.26 Å². The molecule has 0 aliphatic rings. The maximum Gasteiger partial charge on any atom is 0.278 e. The van der Waals surface area contributed by atoms with Gasteiger partial charge < -0.3 is 0 Å². The van der Waals surface area contributed by atoms with E-state index in [9.17, 15) is 4.79 Å². The Morgan fingerprint density at radius 3 is 2.52 bits per heavy atom. The van der Waals surface area contributed by atoms with Crippen molar-refractivity contribution in [2.24, 2.45) is 0 Å². The van der Waals surface area contributed by atoms with Crippen molar-refractivity contribution in [3.05, 3.63) is 46.4 Å². The number of benzene rings is 1. The molecule has 0 aliphatic carbocycles. The van der Waals surface area contributed by atoms with E-state index in [1.807, 2.05) is 32.2 Å². The summed E-state index contributed by atoms with van der Waals surface area (Å²) >= 11 is 1.43. The lowest BCUT2D eigenvalue weighted by atomic mass is 10.2. The van der Waals surface area contributed by atoms with Crippen LogP contribution in [0.1, 0.15) is 25.5 Å². The number of nitrogens with zero attached hydrogens (tertiary/aromatic N) is 5. The number of fused-ring (bicyclic) bond motifs is 1. The minimum Gasteiger partial charge on any atom is -0.267 e. The fraction of sp³-hybridized carbons (Fsp3) is 0.250. The van der Waals surface area contributed by atoms with Crippen LogP contribution in [0.25, 0.3) is 16.7 Å². The molecule has 0 N–H and O–H groups in total. The summed E-state index contributed by atoms with van der Waals surface area (Å²) in [6.45, 7) is 3.90. The average Bonchev–Trinajstić information content (AvgIpc) is 2.87. The Kier molecular flexibility index (Phi) is 3.92. The standard InChI is InChI=1S/C16H15N5OS/c1-10(2)20-15(22)13-9-18-16(23-3)19-14(13)21(20)12-6-4-11(8-17)5-7-12/h4-7,9-10H,1-3H3. The van der Waals surface area contributed by atoms with Crippen molar-refractivity contribution in [1.29, 1.82) is 5.26 Å². The molecule has 0 unspecified atom stereocenters. The molecule has 0 atom stereocenters. The maximum absolute atomic E-state index is 12.7. The molecule has 0 spiro atoms. The number of aromatic nitrogens is 4. The summed E-state index contributed by atoms with van der Waals surface area (Å²) in [6, 6.07) is 9.15. The van der Waals surface area contributed by atoms with E-state index >= 15 is 0 Å². The van der Waals surface area contributed by atoms with E-state index in [1.54, 1.807) is 27.7 Å². The number of nitriles is 1. The lowest BCUT2D eigenvalue weighted by molar-refractivity contribution is 0.475. The van der Waals surface area contributed by atoms with Gasteiger partial charge in [0.25, 0.3) is 5.56 Å². The largest absolute Gasteiger partial charge is 0.278 e. The Labute approximate surface area is 137 Å². The molecule has 0 aliphatic heterocycles. The number of rotatable bonds is 3. The van der Waals surface area contributed by atoms with Gasteiger partial charge in [-0.1, -0.05) is 11.8 Å². The molecule has 6 nitrogen and oxygen atoms in total. The predicted octanol–water partition coefficient (Wildman–Crippen LogP) is 2.76. The van der Waals surface area contributed by atoms with Crippen LogP contribution in [-0.4, -0.2) is 25.6 Å². The molecule has 0 radical (unpaired) electrons. The van der Waals surface area contributed by atoms with Crippen LogP contribution in [0, 0.1) is 11.3 Å². The molecular formula is C16H15N5OS. The van der Waals surface area contributed by atoms with E-state index < -0.39 is 0 Å². The first kappa shape index (κ1) is 15.3. The highest BCUT2D eigenvalue weighted by Crippen LogP contribution is 2.20. The fourth-order valence-corrected chi connectivity index (χ4v) is 2.81. The molecule has 0 saturated heterocycles. The van der Waals surface area contributed by atoms with Gasteiger partial charge in [0, 0.05) is 12.2 Å². The molecular weight excluding hydrogens is 310 g/mol. The van der Waals surface area contributed by atoms with Crippen LogP contribution in [0.2, 0.25) is 0 Å². The van der Waals surface area contributed by atoms with Crippen molar-refractivity contribution < 1.29 is 0 Å². The van der Waals surface area contributed by atoms with Gasteiger partial charge in [-0.15, -0.1) is 0 Å².